The average molecular weight is 292 g/mol. The Kier molecular flexibility index (Phi) is 4.75. The molecule has 1 aliphatic rings. The maximum Gasteiger partial charge on any atom is 0.151 e. The minimum atomic E-state index is 0.937. The van der Waals surface area contributed by atoms with E-state index in [0.29, 0.717) is 0 Å². The van der Waals surface area contributed by atoms with Gasteiger partial charge in [-0.3, -0.25) is 0 Å². The van der Waals surface area contributed by atoms with Crippen LogP contribution in [0.5, 0.6) is 0 Å². The number of rotatable bonds is 6. The van der Waals surface area contributed by atoms with E-state index in [4.69, 9.17) is 0 Å². The van der Waals surface area contributed by atoms with E-state index in [1.54, 1.807) is 11.3 Å². The molecule has 1 saturated carbocycles. The van der Waals surface area contributed by atoms with Gasteiger partial charge in [-0.25, -0.2) is 4.98 Å². The van der Waals surface area contributed by atoms with E-state index in [-0.39, 0.29) is 0 Å². The molecule has 0 radical (unpaired) electrons. The van der Waals surface area contributed by atoms with Crippen LogP contribution in [0.2, 0.25) is 0 Å². The quantitative estimate of drug-likeness (QED) is 0.639. The van der Waals surface area contributed by atoms with Crippen molar-refractivity contribution >= 4 is 33.3 Å². The number of nitrogens with zero attached hydrogens (tertiary/aromatic N) is 1. The first-order chi connectivity index (χ1) is 9.42. The second kappa shape index (κ2) is 6.73. The van der Waals surface area contributed by atoms with E-state index < -0.39 is 0 Å². The van der Waals surface area contributed by atoms with E-state index in [1.165, 1.54) is 41.3 Å². The van der Waals surface area contributed by atoms with Gasteiger partial charge in [0, 0.05) is 12.3 Å². The molecular weight excluding hydrogens is 272 g/mol. The van der Waals surface area contributed by atoms with Gasteiger partial charge in [0.25, 0.3) is 0 Å². The molecule has 1 aromatic carbocycles. The summed E-state index contributed by atoms with van der Waals surface area (Å²) in [7, 11) is 0. The van der Waals surface area contributed by atoms with Crippen LogP contribution in [-0.2, 0) is 0 Å². The van der Waals surface area contributed by atoms with Gasteiger partial charge in [-0.2, -0.15) is 0 Å². The van der Waals surface area contributed by atoms with Gasteiger partial charge in [0.15, 0.2) is 4.34 Å². The van der Waals surface area contributed by atoms with Crippen LogP contribution < -0.4 is 5.32 Å². The minimum Gasteiger partial charge on any atom is -0.316 e. The molecule has 0 spiro atoms. The van der Waals surface area contributed by atoms with Crippen molar-refractivity contribution in [1.82, 2.24) is 10.3 Å². The summed E-state index contributed by atoms with van der Waals surface area (Å²) in [5, 5.41) is 3.59. The van der Waals surface area contributed by atoms with Crippen molar-refractivity contribution in [2.75, 3.05) is 18.8 Å². The number of nitrogens with one attached hydrogen (secondary N) is 1. The topological polar surface area (TPSA) is 24.9 Å². The molecule has 19 heavy (non-hydrogen) atoms. The van der Waals surface area contributed by atoms with Gasteiger partial charge in [0.2, 0.25) is 0 Å². The molecule has 2 nitrogen and oxygen atoms in total. The number of aromatic nitrogens is 1. The smallest absolute Gasteiger partial charge is 0.151 e. The van der Waals surface area contributed by atoms with Crippen molar-refractivity contribution in [1.29, 1.82) is 0 Å². The first kappa shape index (κ1) is 13.4. The van der Waals surface area contributed by atoms with Crippen molar-refractivity contribution in [2.24, 2.45) is 5.92 Å². The third-order valence-corrected chi connectivity index (χ3v) is 5.87. The lowest BCUT2D eigenvalue weighted by Gasteiger charge is -2.09. The summed E-state index contributed by atoms with van der Waals surface area (Å²) in [6, 6.07) is 8.38. The lowest BCUT2D eigenvalue weighted by Crippen LogP contribution is -2.23. The zero-order chi connectivity index (χ0) is 12.9. The molecule has 102 valence electrons. The monoisotopic (exact) mass is 292 g/mol. The van der Waals surface area contributed by atoms with Crippen LogP contribution in [0.3, 0.4) is 0 Å². The first-order valence-electron chi connectivity index (χ1n) is 7.11. The zero-order valence-electron chi connectivity index (χ0n) is 11.1. The van der Waals surface area contributed by atoms with Gasteiger partial charge >= 0.3 is 0 Å². The SMILES string of the molecule is c1ccc2sc(SCCNCC3CCCC3)nc2c1. The third-order valence-electron chi connectivity index (χ3n) is 3.69. The van der Waals surface area contributed by atoms with E-state index in [0.717, 1.165) is 23.7 Å². The fourth-order valence-corrected chi connectivity index (χ4v) is 4.68. The van der Waals surface area contributed by atoms with E-state index in [9.17, 15) is 0 Å². The normalized spacial score (nSPS) is 16.4. The van der Waals surface area contributed by atoms with Crippen LogP contribution in [0.4, 0.5) is 0 Å². The Balaban J connectivity index is 1.39. The van der Waals surface area contributed by atoms with Crippen LogP contribution >= 0.6 is 23.1 Å². The molecule has 0 unspecified atom stereocenters. The fraction of sp³-hybridized carbons (Fsp3) is 0.533. The molecule has 1 fully saturated rings. The van der Waals surface area contributed by atoms with Crippen LogP contribution in [0.15, 0.2) is 28.6 Å². The first-order valence-corrected chi connectivity index (χ1v) is 8.91. The Labute approximate surface area is 123 Å². The molecule has 0 bridgehead atoms. The molecule has 0 amide bonds. The summed E-state index contributed by atoms with van der Waals surface area (Å²) >= 11 is 3.68. The highest BCUT2D eigenvalue weighted by molar-refractivity contribution is 8.01. The van der Waals surface area contributed by atoms with E-state index in [1.807, 2.05) is 11.8 Å². The largest absolute Gasteiger partial charge is 0.316 e. The van der Waals surface area contributed by atoms with Gasteiger partial charge in [-0.1, -0.05) is 36.7 Å². The van der Waals surface area contributed by atoms with Gasteiger partial charge < -0.3 is 5.32 Å². The van der Waals surface area contributed by atoms with E-state index >= 15 is 0 Å². The molecule has 4 heteroatoms. The van der Waals surface area contributed by atoms with Gasteiger partial charge in [0.1, 0.15) is 0 Å². The number of hydrogen-bond donors (Lipinski definition) is 1. The number of fused-ring (bicyclic) bond motifs is 1. The van der Waals surface area contributed by atoms with Crippen molar-refractivity contribution < 1.29 is 0 Å². The highest BCUT2D eigenvalue weighted by atomic mass is 32.2. The molecule has 0 saturated heterocycles. The summed E-state index contributed by atoms with van der Waals surface area (Å²) in [5.74, 6) is 2.06. The fourth-order valence-electron chi connectivity index (χ4n) is 2.64. The molecule has 0 aliphatic heterocycles. The van der Waals surface area contributed by atoms with Crippen molar-refractivity contribution in [3.63, 3.8) is 0 Å². The number of thioether (sulfide) groups is 1. The van der Waals surface area contributed by atoms with Crippen molar-refractivity contribution in [3.05, 3.63) is 24.3 Å². The van der Waals surface area contributed by atoms with Crippen LogP contribution in [0, 0.1) is 5.92 Å². The zero-order valence-corrected chi connectivity index (χ0v) is 12.7. The standard InChI is InChI=1S/C15H20N2S2/c1-2-6-12(5-1)11-16-9-10-18-15-17-13-7-3-4-8-14(13)19-15/h3-4,7-8,12,16H,1-2,5-6,9-11H2. The third kappa shape index (κ3) is 3.71. The number of thiazole rings is 1. The van der Waals surface area contributed by atoms with Crippen LogP contribution in [-0.4, -0.2) is 23.8 Å². The number of para-hydroxylation sites is 1. The number of benzene rings is 1. The molecule has 1 N–H and O–H groups in total. The number of hydrogen-bond acceptors (Lipinski definition) is 4. The lowest BCUT2D eigenvalue weighted by molar-refractivity contribution is 0.500. The van der Waals surface area contributed by atoms with Gasteiger partial charge in [-0.05, 0) is 37.4 Å². The van der Waals surface area contributed by atoms with Crippen molar-refractivity contribution in [3.8, 4) is 0 Å². The minimum absolute atomic E-state index is 0.937. The second-order valence-corrected chi connectivity index (χ2v) is 7.52. The lowest BCUT2D eigenvalue weighted by atomic mass is 10.1. The summed E-state index contributed by atoms with van der Waals surface area (Å²) in [6.45, 7) is 2.30. The summed E-state index contributed by atoms with van der Waals surface area (Å²) in [4.78, 5) is 4.64. The second-order valence-electron chi connectivity index (χ2n) is 5.15. The Bertz CT molecular complexity index is 485. The molecule has 1 aromatic heterocycles. The van der Waals surface area contributed by atoms with Gasteiger partial charge in [-0.15, -0.1) is 11.3 Å². The van der Waals surface area contributed by atoms with Crippen LogP contribution in [0.1, 0.15) is 25.7 Å². The Hall–Kier alpha value is -0.580. The Morgan fingerprint density at radius 3 is 2.95 bits per heavy atom. The highest BCUT2D eigenvalue weighted by Gasteiger charge is 2.13. The Morgan fingerprint density at radius 1 is 1.26 bits per heavy atom. The average Bonchev–Trinajstić information content (AvgIpc) is 3.06. The van der Waals surface area contributed by atoms with Crippen LogP contribution in [0.25, 0.3) is 10.2 Å². The molecule has 1 aliphatic carbocycles. The molecule has 1 heterocycles. The predicted octanol–water partition coefficient (Wildman–Crippen LogP) is 4.17. The maximum absolute atomic E-state index is 4.64. The van der Waals surface area contributed by atoms with Crippen molar-refractivity contribution in [2.45, 2.75) is 30.0 Å². The Morgan fingerprint density at radius 2 is 2.11 bits per heavy atom. The molecular formula is C15H20N2S2. The molecule has 3 rings (SSSR count). The maximum atomic E-state index is 4.64. The predicted molar refractivity (Wildman–Crippen MR) is 85.2 cm³/mol. The highest BCUT2D eigenvalue weighted by Crippen LogP contribution is 2.29. The summed E-state index contributed by atoms with van der Waals surface area (Å²) < 4.78 is 2.49. The summed E-state index contributed by atoms with van der Waals surface area (Å²) in [6.07, 6.45) is 5.73. The van der Waals surface area contributed by atoms with E-state index in [2.05, 4.69) is 34.6 Å². The molecule has 0 atom stereocenters. The summed E-state index contributed by atoms with van der Waals surface area (Å²) in [5.41, 5.74) is 1.13. The van der Waals surface area contributed by atoms with Gasteiger partial charge in [0.05, 0.1) is 10.2 Å². The molecule has 2 aromatic rings.